The van der Waals surface area contributed by atoms with Crippen molar-refractivity contribution in [2.24, 2.45) is 0 Å². The molecule has 86 valence electrons. The highest BCUT2D eigenvalue weighted by Gasteiger charge is 2.29. The van der Waals surface area contributed by atoms with Crippen LogP contribution in [0.15, 0.2) is 24.3 Å². The Labute approximate surface area is 98.0 Å². The van der Waals surface area contributed by atoms with Crippen LogP contribution in [0.1, 0.15) is 18.9 Å². The first-order chi connectivity index (χ1) is 7.74. The predicted octanol–water partition coefficient (Wildman–Crippen LogP) is 2.16. The Bertz CT molecular complexity index is 394. The minimum Gasteiger partial charge on any atom is -0.464 e. The number of aryl methyl sites for hydroxylation is 1. The first kappa shape index (κ1) is 11.4. The normalized spacial score (nSPS) is 19.1. The number of hydrogen-bond donors (Lipinski definition) is 0. The molecule has 0 bridgehead atoms. The van der Waals surface area contributed by atoms with Crippen LogP contribution >= 0.6 is 9.39 Å². The fourth-order valence-corrected chi connectivity index (χ4v) is 2.57. The van der Waals surface area contributed by atoms with Gasteiger partial charge in [0.1, 0.15) is 6.04 Å². The van der Waals surface area contributed by atoms with Crippen LogP contribution in [0.25, 0.3) is 0 Å². The number of esters is 1. The first-order valence-electron chi connectivity index (χ1n) is 5.52. The molecule has 2 rings (SSSR count). The van der Waals surface area contributed by atoms with Crippen LogP contribution in [0.4, 0.5) is 5.69 Å². The molecular weight excluding hydrogens is 221 g/mol. The SMILES string of the molecule is CCOC(=O)C1CCc2ccccc2N1P. The zero-order valence-electron chi connectivity index (χ0n) is 9.35. The Morgan fingerprint density at radius 3 is 3.06 bits per heavy atom. The number of anilines is 1. The van der Waals surface area contributed by atoms with Gasteiger partial charge in [-0.2, -0.15) is 0 Å². The number of carbonyl (C=O) groups excluding carboxylic acids is 1. The summed E-state index contributed by atoms with van der Waals surface area (Å²) in [4.78, 5) is 11.7. The van der Waals surface area contributed by atoms with E-state index in [1.807, 2.05) is 29.8 Å². The van der Waals surface area contributed by atoms with Gasteiger partial charge in [0.2, 0.25) is 0 Å². The molecule has 4 heteroatoms. The van der Waals surface area contributed by atoms with E-state index in [0.29, 0.717) is 6.61 Å². The Morgan fingerprint density at radius 2 is 2.31 bits per heavy atom. The van der Waals surface area contributed by atoms with Crippen molar-refractivity contribution in [3.8, 4) is 0 Å². The van der Waals surface area contributed by atoms with E-state index in [2.05, 4.69) is 15.5 Å². The van der Waals surface area contributed by atoms with Crippen LogP contribution in [0.5, 0.6) is 0 Å². The van der Waals surface area contributed by atoms with Gasteiger partial charge in [-0.1, -0.05) is 18.2 Å². The van der Waals surface area contributed by atoms with Gasteiger partial charge in [-0.3, -0.25) is 0 Å². The summed E-state index contributed by atoms with van der Waals surface area (Å²) in [5, 5.41) is 0. The highest BCUT2D eigenvalue weighted by molar-refractivity contribution is 7.19. The van der Waals surface area contributed by atoms with Crippen molar-refractivity contribution >= 4 is 21.0 Å². The molecule has 0 saturated carbocycles. The van der Waals surface area contributed by atoms with Crippen molar-refractivity contribution in [2.45, 2.75) is 25.8 Å². The number of carbonyl (C=O) groups is 1. The molecule has 3 nitrogen and oxygen atoms in total. The topological polar surface area (TPSA) is 29.5 Å². The molecule has 0 N–H and O–H groups in total. The molecule has 1 aliphatic heterocycles. The summed E-state index contributed by atoms with van der Waals surface area (Å²) in [6.45, 7) is 2.28. The fraction of sp³-hybridized carbons (Fsp3) is 0.417. The van der Waals surface area contributed by atoms with Gasteiger partial charge < -0.3 is 9.41 Å². The van der Waals surface area contributed by atoms with Crippen molar-refractivity contribution in [1.29, 1.82) is 0 Å². The van der Waals surface area contributed by atoms with Crippen LogP contribution in [0.2, 0.25) is 0 Å². The van der Waals surface area contributed by atoms with Crippen LogP contribution in [-0.2, 0) is 16.0 Å². The van der Waals surface area contributed by atoms with Crippen LogP contribution in [-0.4, -0.2) is 18.6 Å². The molecule has 0 saturated heterocycles. The number of hydrogen-bond acceptors (Lipinski definition) is 3. The van der Waals surface area contributed by atoms with E-state index >= 15 is 0 Å². The quantitative estimate of drug-likeness (QED) is 0.583. The predicted molar refractivity (Wildman–Crippen MR) is 67.4 cm³/mol. The summed E-state index contributed by atoms with van der Waals surface area (Å²) in [7, 11) is 2.62. The molecule has 1 aliphatic rings. The summed E-state index contributed by atoms with van der Waals surface area (Å²) in [5.74, 6) is -0.132. The van der Waals surface area contributed by atoms with E-state index in [0.717, 1.165) is 18.5 Å². The van der Waals surface area contributed by atoms with Gasteiger partial charge in [-0.25, -0.2) is 4.79 Å². The van der Waals surface area contributed by atoms with E-state index in [-0.39, 0.29) is 12.0 Å². The standard InChI is InChI=1S/C12H16NO2P/c1-2-15-12(14)11-8-7-9-5-3-4-6-10(9)13(11)16/h3-6,11H,2,7-8,16H2,1H3. The summed E-state index contributed by atoms with van der Waals surface area (Å²) in [5.41, 5.74) is 2.40. The Balaban J connectivity index is 2.21. The number of fused-ring (bicyclic) bond motifs is 1. The molecule has 0 spiro atoms. The largest absolute Gasteiger partial charge is 0.464 e. The van der Waals surface area contributed by atoms with Crippen molar-refractivity contribution in [3.05, 3.63) is 29.8 Å². The van der Waals surface area contributed by atoms with Crippen molar-refractivity contribution in [1.82, 2.24) is 0 Å². The highest BCUT2D eigenvalue weighted by Crippen LogP contribution is 2.33. The molecule has 0 aromatic heterocycles. The second kappa shape index (κ2) is 4.84. The molecule has 1 heterocycles. The number of rotatable bonds is 2. The molecule has 1 aromatic rings. The molecule has 0 amide bonds. The van der Waals surface area contributed by atoms with E-state index in [1.54, 1.807) is 0 Å². The maximum absolute atomic E-state index is 11.7. The Hall–Kier alpha value is -1.08. The number of nitrogens with zero attached hydrogens (tertiary/aromatic N) is 1. The van der Waals surface area contributed by atoms with Gasteiger partial charge in [-0.15, -0.1) is 0 Å². The Morgan fingerprint density at radius 1 is 1.56 bits per heavy atom. The number of para-hydroxylation sites is 1. The van der Waals surface area contributed by atoms with E-state index in [9.17, 15) is 4.79 Å². The lowest BCUT2D eigenvalue weighted by molar-refractivity contribution is -0.144. The molecule has 1 aromatic carbocycles. The lowest BCUT2D eigenvalue weighted by Crippen LogP contribution is -2.39. The maximum Gasteiger partial charge on any atom is 0.329 e. The van der Waals surface area contributed by atoms with E-state index < -0.39 is 0 Å². The van der Waals surface area contributed by atoms with Gasteiger partial charge in [-0.05, 0) is 40.8 Å². The zero-order chi connectivity index (χ0) is 11.5. The minimum absolute atomic E-state index is 0.132. The summed E-state index contributed by atoms with van der Waals surface area (Å²) < 4.78 is 7.01. The van der Waals surface area contributed by atoms with Gasteiger partial charge in [0.15, 0.2) is 0 Å². The lowest BCUT2D eigenvalue weighted by atomic mass is 9.98. The third-order valence-electron chi connectivity index (χ3n) is 2.85. The summed E-state index contributed by atoms with van der Waals surface area (Å²) in [6.07, 6.45) is 1.75. The van der Waals surface area contributed by atoms with Crippen molar-refractivity contribution in [3.63, 3.8) is 0 Å². The van der Waals surface area contributed by atoms with Crippen molar-refractivity contribution in [2.75, 3.05) is 11.3 Å². The van der Waals surface area contributed by atoms with Crippen molar-refractivity contribution < 1.29 is 9.53 Å². The minimum atomic E-state index is -0.167. The maximum atomic E-state index is 11.7. The zero-order valence-corrected chi connectivity index (χ0v) is 10.5. The average Bonchev–Trinajstić information content (AvgIpc) is 2.30. The second-order valence-corrected chi connectivity index (χ2v) is 4.40. The summed E-state index contributed by atoms with van der Waals surface area (Å²) in [6, 6.07) is 7.99. The Kier molecular flexibility index (Phi) is 3.45. The van der Waals surface area contributed by atoms with Gasteiger partial charge in [0, 0.05) is 5.69 Å². The first-order valence-corrected chi connectivity index (χ1v) is 6.04. The second-order valence-electron chi connectivity index (χ2n) is 3.84. The molecule has 2 unspecified atom stereocenters. The van der Waals surface area contributed by atoms with Crippen LogP contribution in [0, 0.1) is 0 Å². The molecular formula is C12H16NO2P. The number of ether oxygens (including phenoxy) is 1. The third kappa shape index (κ3) is 2.05. The van der Waals surface area contributed by atoms with Gasteiger partial charge in [0.05, 0.1) is 6.61 Å². The fourth-order valence-electron chi connectivity index (χ4n) is 2.04. The van der Waals surface area contributed by atoms with E-state index in [4.69, 9.17) is 4.74 Å². The molecule has 0 radical (unpaired) electrons. The van der Waals surface area contributed by atoms with Gasteiger partial charge >= 0.3 is 5.97 Å². The number of benzene rings is 1. The smallest absolute Gasteiger partial charge is 0.329 e. The summed E-state index contributed by atoms with van der Waals surface area (Å²) >= 11 is 0. The lowest BCUT2D eigenvalue weighted by Gasteiger charge is -2.33. The van der Waals surface area contributed by atoms with E-state index in [1.165, 1.54) is 5.56 Å². The average molecular weight is 237 g/mol. The highest BCUT2D eigenvalue weighted by atomic mass is 31.0. The molecule has 2 atom stereocenters. The molecule has 16 heavy (non-hydrogen) atoms. The van der Waals surface area contributed by atoms with Crippen LogP contribution in [0.3, 0.4) is 0 Å². The molecule has 0 aliphatic carbocycles. The van der Waals surface area contributed by atoms with Gasteiger partial charge in [0.25, 0.3) is 0 Å². The van der Waals surface area contributed by atoms with Crippen LogP contribution < -0.4 is 4.67 Å². The molecule has 0 fully saturated rings. The third-order valence-corrected chi connectivity index (χ3v) is 3.49. The monoisotopic (exact) mass is 237 g/mol.